The molecular weight excluding hydrogens is 397 g/mol. The molecule has 0 bridgehead atoms. The summed E-state index contributed by atoms with van der Waals surface area (Å²) >= 11 is 0. The molecule has 1 atom stereocenters. The molecule has 0 saturated carbocycles. The molecule has 10 heteroatoms. The van der Waals surface area contributed by atoms with E-state index in [1.807, 2.05) is 0 Å². The number of rotatable bonds is 5. The molecule has 2 aliphatic heterocycles. The Bertz CT molecular complexity index is 799. The van der Waals surface area contributed by atoms with Crippen LogP contribution in [-0.2, 0) is 25.7 Å². The predicted molar refractivity (Wildman–Crippen MR) is 94.9 cm³/mol. The number of nitrogens with one attached hydrogen (secondary N) is 1. The van der Waals surface area contributed by atoms with Crippen LogP contribution in [0.4, 0.5) is 13.2 Å². The molecule has 6 nitrogen and oxygen atoms in total. The number of sulfonamides is 1. The third-order valence-corrected chi connectivity index (χ3v) is 7.11. The van der Waals surface area contributed by atoms with E-state index < -0.39 is 21.8 Å². The van der Waals surface area contributed by atoms with Crippen LogP contribution in [0.1, 0.15) is 24.8 Å². The number of ether oxygens (including phenoxy) is 1. The predicted octanol–water partition coefficient (Wildman–Crippen LogP) is 2.26. The minimum atomic E-state index is -4.61. The van der Waals surface area contributed by atoms with Crippen LogP contribution < -0.4 is 5.32 Å². The Kier molecular flexibility index (Phi) is 6.31. The smallest absolute Gasteiger partial charge is 0.381 e. The van der Waals surface area contributed by atoms with Gasteiger partial charge in [-0.3, -0.25) is 4.79 Å². The fourth-order valence-corrected chi connectivity index (χ4v) is 4.99. The van der Waals surface area contributed by atoms with E-state index in [-0.39, 0.29) is 29.8 Å². The molecule has 0 spiro atoms. The lowest BCUT2D eigenvalue weighted by Crippen LogP contribution is -2.43. The zero-order valence-electron chi connectivity index (χ0n) is 15.2. The van der Waals surface area contributed by atoms with Gasteiger partial charge in [0.2, 0.25) is 15.9 Å². The Balaban J connectivity index is 1.58. The van der Waals surface area contributed by atoms with Crippen molar-refractivity contribution in [3.05, 3.63) is 29.8 Å². The van der Waals surface area contributed by atoms with Crippen molar-refractivity contribution in [3.8, 4) is 0 Å². The number of nitrogens with zero attached hydrogens (tertiary/aromatic N) is 1. The number of halogens is 3. The highest BCUT2D eigenvalue weighted by Crippen LogP contribution is 2.32. The van der Waals surface area contributed by atoms with E-state index in [0.29, 0.717) is 44.6 Å². The van der Waals surface area contributed by atoms with Crippen LogP contribution >= 0.6 is 0 Å². The van der Waals surface area contributed by atoms with Gasteiger partial charge in [-0.1, -0.05) is 6.07 Å². The molecule has 2 fully saturated rings. The van der Waals surface area contributed by atoms with E-state index in [0.717, 1.165) is 28.9 Å². The average molecular weight is 420 g/mol. The first-order valence-electron chi connectivity index (χ1n) is 9.21. The second-order valence-corrected chi connectivity index (χ2v) is 9.12. The van der Waals surface area contributed by atoms with Gasteiger partial charge in [-0.15, -0.1) is 0 Å². The fraction of sp³-hybridized carbons (Fsp3) is 0.611. The normalized spacial score (nSPS) is 22.3. The highest BCUT2D eigenvalue weighted by atomic mass is 32.2. The topological polar surface area (TPSA) is 75.7 Å². The number of carbonyl (C=O) groups excluding carboxylic acids is 1. The average Bonchev–Trinajstić information content (AvgIpc) is 3.19. The summed E-state index contributed by atoms with van der Waals surface area (Å²) in [6, 6.07) is 3.73. The summed E-state index contributed by atoms with van der Waals surface area (Å²) in [6.45, 7) is 2.08. The Morgan fingerprint density at radius 1 is 1.21 bits per heavy atom. The highest BCUT2D eigenvalue weighted by molar-refractivity contribution is 7.89. The molecule has 0 unspecified atom stereocenters. The number of hydrogen-bond donors (Lipinski definition) is 1. The van der Waals surface area contributed by atoms with Crippen LogP contribution in [0.5, 0.6) is 0 Å². The molecule has 156 valence electrons. The first-order valence-corrected chi connectivity index (χ1v) is 10.6. The van der Waals surface area contributed by atoms with E-state index in [1.54, 1.807) is 0 Å². The molecule has 2 aliphatic rings. The largest absolute Gasteiger partial charge is 0.416 e. The molecule has 1 amide bonds. The van der Waals surface area contributed by atoms with Crippen LogP contribution in [0.3, 0.4) is 0 Å². The van der Waals surface area contributed by atoms with Crippen molar-refractivity contribution < 1.29 is 31.1 Å². The van der Waals surface area contributed by atoms with Crippen LogP contribution in [0.25, 0.3) is 0 Å². The lowest BCUT2D eigenvalue weighted by molar-refractivity contribution is -0.137. The first kappa shape index (κ1) is 21.1. The zero-order valence-corrected chi connectivity index (χ0v) is 16.1. The van der Waals surface area contributed by atoms with Gasteiger partial charge < -0.3 is 10.1 Å². The van der Waals surface area contributed by atoms with E-state index in [9.17, 15) is 26.4 Å². The molecule has 0 aromatic heterocycles. The highest BCUT2D eigenvalue weighted by Gasteiger charge is 2.35. The van der Waals surface area contributed by atoms with E-state index in [4.69, 9.17) is 4.74 Å². The summed E-state index contributed by atoms with van der Waals surface area (Å²) in [5, 5.41) is 2.89. The molecule has 1 aromatic carbocycles. The number of alkyl halides is 3. The van der Waals surface area contributed by atoms with Gasteiger partial charge in [0.05, 0.1) is 17.1 Å². The van der Waals surface area contributed by atoms with Crippen molar-refractivity contribution in [2.45, 2.75) is 30.3 Å². The van der Waals surface area contributed by atoms with Crippen molar-refractivity contribution in [1.82, 2.24) is 9.62 Å². The minimum Gasteiger partial charge on any atom is -0.381 e. The number of carbonyl (C=O) groups is 1. The van der Waals surface area contributed by atoms with Crippen molar-refractivity contribution in [2.24, 2.45) is 11.8 Å². The van der Waals surface area contributed by atoms with E-state index in [2.05, 4.69) is 5.32 Å². The van der Waals surface area contributed by atoms with Crippen molar-refractivity contribution in [2.75, 3.05) is 32.8 Å². The van der Waals surface area contributed by atoms with Crippen molar-refractivity contribution >= 4 is 15.9 Å². The third-order valence-electron chi connectivity index (χ3n) is 5.21. The van der Waals surface area contributed by atoms with E-state index >= 15 is 0 Å². The summed E-state index contributed by atoms with van der Waals surface area (Å²) in [4.78, 5) is 11.9. The zero-order chi connectivity index (χ0) is 20.4. The Morgan fingerprint density at radius 3 is 2.54 bits per heavy atom. The molecular formula is C18H23F3N2O4S. The maximum absolute atomic E-state index is 12.9. The maximum Gasteiger partial charge on any atom is 0.416 e. The van der Waals surface area contributed by atoms with E-state index in [1.165, 1.54) is 0 Å². The Morgan fingerprint density at radius 2 is 1.93 bits per heavy atom. The lowest BCUT2D eigenvalue weighted by Gasteiger charge is -2.30. The molecule has 1 aromatic rings. The van der Waals surface area contributed by atoms with Gasteiger partial charge in [0.15, 0.2) is 0 Å². The molecule has 2 heterocycles. The number of benzene rings is 1. The van der Waals surface area contributed by atoms with Crippen LogP contribution in [0, 0.1) is 11.8 Å². The van der Waals surface area contributed by atoms with Gasteiger partial charge in [0.25, 0.3) is 0 Å². The lowest BCUT2D eigenvalue weighted by atomic mass is 9.97. The fourth-order valence-electron chi connectivity index (χ4n) is 3.47. The van der Waals surface area contributed by atoms with Gasteiger partial charge in [-0.2, -0.15) is 17.5 Å². The molecule has 0 aliphatic carbocycles. The summed E-state index contributed by atoms with van der Waals surface area (Å²) in [7, 11) is -4.03. The molecule has 2 saturated heterocycles. The first-order chi connectivity index (χ1) is 13.2. The summed E-state index contributed by atoms with van der Waals surface area (Å²) in [5.41, 5.74) is -1.00. The van der Waals surface area contributed by atoms with Crippen molar-refractivity contribution in [1.29, 1.82) is 0 Å². The van der Waals surface area contributed by atoms with Crippen LogP contribution in [-0.4, -0.2) is 51.5 Å². The Labute approximate surface area is 162 Å². The SMILES string of the molecule is O=C(NC[C@H]1CCOC1)C1CCN(S(=O)(=O)c2cccc(C(F)(F)F)c2)CC1. The summed E-state index contributed by atoms with van der Waals surface area (Å²) < 4.78 is 70.4. The third kappa shape index (κ3) is 4.84. The van der Waals surface area contributed by atoms with Gasteiger partial charge in [0, 0.05) is 38.1 Å². The van der Waals surface area contributed by atoms with Gasteiger partial charge in [0.1, 0.15) is 0 Å². The number of piperidine rings is 1. The molecule has 3 rings (SSSR count). The van der Waals surface area contributed by atoms with Gasteiger partial charge in [-0.25, -0.2) is 8.42 Å². The van der Waals surface area contributed by atoms with Crippen LogP contribution in [0.2, 0.25) is 0 Å². The maximum atomic E-state index is 12.9. The molecule has 1 N–H and O–H groups in total. The summed E-state index contributed by atoms with van der Waals surface area (Å²) in [6.07, 6.45) is -3.02. The monoisotopic (exact) mass is 420 g/mol. The molecule has 0 radical (unpaired) electrons. The van der Waals surface area contributed by atoms with Crippen LogP contribution in [0.15, 0.2) is 29.2 Å². The summed E-state index contributed by atoms with van der Waals surface area (Å²) in [5.74, 6) is -0.0939. The standard InChI is InChI=1S/C18H23F3N2O4S/c19-18(20,21)15-2-1-3-16(10-15)28(25,26)23-7-4-14(5-8-23)17(24)22-11-13-6-9-27-12-13/h1-3,10,13-14H,4-9,11-12H2,(H,22,24)/t13-/m1/s1. The second kappa shape index (κ2) is 8.38. The second-order valence-electron chi connectivity index (χ2n) is 7.18. The Hall–Kier alpha value is -1.65. The minimum absolute atomic E-state index is 0.100. The van der Waals surface area contributed by atoms with Crippen molar-refractivity contribution in [3.63, 3.8) is 0 Å². The number of hydrogen-bond acceptors (Lipinski definition) is 4. The quantitative estimate of drug-likeness (QED) is 0.793. The number of amides is 1. The van der Waals surface area contributed by atoms with Gasteiger partial charge >= 0.3 is 6.18 Å². The van der Waals surface area contributed by atoms with Gasteiger partial charge in [-0.05, 0) is 37.5 Å². The molecule has 28 heavy (non-hydrogen) atoms.